The molecule has 1 amide bonds. The van der Waals surface area contributed by atoms with Crippen LogP contribution in [0.2, 0.25) is 0 Å². The summed E-state index contributed by atoms with van der Waals surface area (Å²) in [6.45, 7) is 4.36. The van der Waals surface area contributed by atoms with E-state index in [1.165, 1.54) is 12.1 Å². The van der Waals surface area contributed by atoms with Gasteiger partial charge in [0.1, 0.15) is 11.6 Å². The number of anilines is 1. The molecular formula is C19H23FN4O. The Hall–Kier alpha value is -2.63. The SMILES string of the molecule is CC(C)CCc1cc(NC(=O)Cc2c[nH]c3cc(F)ccc23)n(C)n1. The van der Waals surface area contributed by atoms with Gasteiger partial charge in [0.2, 0.25) is 5.91 Å². The van der Waals surface area contributed by atoms with Crippen molar-refractivity contribution in [2.45, 2.75) is 33.1 Å². The summed E-state index contributed by atoms with van der Waals surface area (Å²) >= 11 is 0. The summed E-state index contributed by atoms with van der Waals surface area (Å²) in [5.41, 5.74) is 2.52. The monoisotopic (exact) mass is 342 g/mol. The van der Waals surface area contributed by atoms with Crippen LogP contribution in [-0.4, -0.2) is 20.7 Å². The topological polar surface area (TPSA) is 62.7 Å². The fourth-order valence-corrected chi connectivity index (χ4v) is 2.87. The molecule has 0 aliphatic carbocycles. The average molecular weight is 342 g/mol. The molecule has 25 heavy (non-hydrogen) atoms. The van der Waals surface area contributed by atoms with E-state index in [0.29, 0.717) is 17.3 Å². The van der Waals surface area contributed by atoms with Gasteiger partial charge in [0.25, 0.3) is 0 Å². The van der Waals surface area contributed by atoms with Gasteiger partial charge in [-0.05, 0) is 42.5 Å². The third-order valence-corrected chi connectivity index (χ3v) is 4.26. The predicted molar refractivity (Wildman–Crippen MR) is 97.0 cm³/mol. The summed E-state index contributed by atoms with van der Waals surface area (Å²) in [5, 5.41) is 8.21. The number of carbonyl (C=O) groups is 1. The molecular weight excluding hydrogens is 319 g/mol. The lowest BCUT2D eigenvalue weighted by Gasteiger charge is -2.04. The molecule has 0 radical (unpaired) electrons. The predicted octanol–water partition coefficient (Wildman–Crippen LogP) is 3.81. The molecule has 3 rings (SSSR count). The van der Waals surface area contributed by atoms with Crippen LogP contribution in [0.15, 0.2) is 30.5 Å². The number of aromatic amines is 1. The number of benzene rings is 1. The van der Waals surface area contributed by atoms with E-state index < -0.39 is 0 Å². The van der Waals surface area contributed by atoms with E-state index in [4.69, 9.17) is 0 Å². The molecule has 0 saturated heterocycles. The Morgan fingerprint density at radius 2 is 2.16 bits per heavy atom. The van der Waals surface area contributed by atoms with Crippen molar-refractivity contribution < 1.29 is 9.18 Å². The fourth-order valence-electron chi connectivity index (χ4n) is 2.87. The Bertz CT molecular complexity index is 894. The Labute approximate surface area is 146 Å². The minimum atomic E-state index is -0.297. The van der Waals surface area contributed by atoms with E-state index in [1.807, 2.05) is 13.1 Å². The Morgan fingerprint density at radius 3 is 2.92 bits per heavy atom. The lowest BCUT2D eigenvalue weighted by atomic mass is 10.1. The van der Waals surface area contributed by atoms with Gasteiger partial charge < -0.3 is 10.3 Å². The largest absolute Gasteiger partial charge is 0.361 e. The summed E-state index contributed by atoms with van der Waals surface area (Å²) in [7, 11) is 1.82. The molecule has 0 aliphatic rings. The minimum absolute atomic E-state index is 0.122. The Morgan fingerprint density at radius 1 is 1.36 bits per heavy atom. The number of nitrogens with zero attached hydrogens (tertiary/aromatic N) is 2. The molecule has 132 valence electrons. The number of H-pyrrole nitrogens is 1. The number of aromatic nitrogens is 3. The van der Waals surface area contributed by atoms with Gasteiger partial charge in [0.15, 0.2) is 0 Å². The summed E-state index contributed by atoms with van der Waals surface area (Å²) < 4.78 is 14.9. The summed E-state index contributed by atoms with van der Waals surface area (Å²) in [6, 6.07) is 6.45. The molecule has 3 aromatic rings. The number of nitrogens with one attached hydrogen (secondary N) is 2. The van der Waals surface area contributed by atoms with Crippen LogP contribution in [0.4, 0.5) is 10.2 Å². The maximum atomic E-state index is 13.2. The number of hydrogen-bond donors (Lipinski definition) is 2. The van der Waals surface area contributed by atoms with Crippen LogP contribution in [0.1, 0.15) is 31.5 Å². The van der Waals surface area contributed by atoms with Gasteiger partial charge in [0.05, 0.1) is 12.1 Å². The Kier molecular flexibility index (Phi) is 4.88. The van der Waals surface area contributed by atoms with Crippen LogP contribution in [0, 0.1) is 11.7 Å². The fraction of sp³-hybridized carbons (Fsp3) is 0.368. The maximum Gasteiger partial charge on any atom is 0.230 e. The van der Waals surface area contributed by atoms with E-state index in [2.05, 4.69) is 29.2 Å². The average Bonchev–Trinajstić information content (AvgIpc) is 3.09. The number of amides is 1. The second-order valence-electron chi connectivity index (χ2n) is 6.81. The van der Waals surface area contributed by atoms with E-state index in [1.54, 1.807) is 16.9 Å². The Balaban J connectivity index is 1.68. The zero-order chi connectivity index (χ0) is 18.0. The van der Waals surface area contributed by atoms with E-state index in [-0.39, 0.29) is 18.1 Å². The number of carbonyl (C=O) groups excluding carboxylic acids is 1. The lowest BCUT2D eigenvalue weighted by Crippen LogP contribution is -2.16. The van der Waals surface area contributed by atoms with E-state index in [9.17, 15) is 9.18 Å². The van der Waals surface area contributed by atoms with Crippen LogP contribution >= 0.6 is 0 Å². The first-order valence-corrected chi connectivity index (χ1v) is 8.50. The van der Waals surface area contributed by atoms with E-state index in [0.717, 1.165) is 29.5 Å². The molecule has 0 unspecified atom stereocenters. The molecule has 0 aliphatic heterocycles. The van der Waals surface area contributed by atoms with Gasteiger partial charge in [-0.1, -0.05) is 13.8 Å². The second kappa shape index (κ2) is 7.09. The van der Waals surface area contributed by atoms with Gasteiger partial charge in [-0.15, -0.1) is 0 Å². The summed E-state index contributed by atoms with van der Waals surface area (Å²) in [5.74, 6) is 0.888. The van der Waals surface area contributed by atoms with Crippen molar-refractivity contribution in [1.82, 2.24) is 14.8 Å². The van der Waals surface area contributed by atoms with Crippen LogP contribution in [0.25, 0.3) is 10.9 Å². The molecule has 1 aromatic carbocycles. The number of fused-ring (bicyclic) bond motifs is 1. The second-order valence-corrected chi connectivity index (χ2v) is 6.81. The maximum absolute atomic E-state index is 13.2. The van der Waals surface area contributed by atoms with Crippen LogP contribution in [0.5, 0.6) is 0 Å². The van der Waals surface area contributed by atoms with Crippen molar-refractivity contribution in [1.29, 1.82) is 0 Å². The minimum Gasteiger partial charge on any atom is -0.361 e. The number of rotatable bonds is 6. The van der Waals surface area contributed by atoms with Crippen molar-refractivity contribution in [2.75, 3.05) is 5.32 Å². The molecule has 5 nitrogen and oxygen atoms in total. The zero-order valence-electron chi connectivity index (χ0n) is 14.8. The quantitative estimate of drug-likeness (QED) is 0.715. The highest BCUT2D eigenvalue weighted by Gasteiger charge is 2.12. The van der Waals surface area contributed by atoms with E-state index >= 15 is 0 Å². The van der Waals surface area contributed by atoms with Gasteiger partial charge in [0, 0.05) is 30.2 Å². The van der Waals surface area contributed by atoms with Crippen molar-refractivity contribution in [3.8, 4) is 0 Å². The van der Waals surface area contributed by atoms with Crippen molar-refractivity contribution in [3.05, 3.63) is 47.5 Å². The highest BCUT2D eigenvalue weighted by molar-refractivity contribution is 5.95. The van der Waals surface area contributed by atoms with Crippen molar-refractivity contribution in [2.24, 2.45) is 13.0 Å². The molecule has 2 N–H and O–H groups in total. The number of hydrogen-bond acceptors (Lipinski definition) is 2. The van der Waals surface area contributed by atoms with Gasteiger partial charge in [-0.3, -0.25) is 9.48 Å². The third-order valence-electron chi connectivity index (χ3n) is 4.26. The first-order valence-electron chi connectivity index (χ1n) is 8.50. The summed E-state index contributed by atoms with van der Waals surface area (Å²) in [4.78, 5) is 15.4. The van der Waals surface area contributed by atoms with Crippen LogP contribution in [0.3, 0.4) is 0 Å². The molecule has 2 aromatic heterocycles. The first-order chi connectivity index (χ1) is 11.9. The molecule has 6 heteroatoms. The van der Waals surface area contributed by atoms with Crippen LogP contribution in [-0.2, 0) is 24.7 Å². The first kappa shape index (κ1) is 17.2. The molecule has 0 spiro atoms. The number of aryl methyl sites for hydroxylation is 2. The molecule has 0 fully saturated rings. The highest BCUT2D eigenvalue weighted by atomic mass is 19.1. The third kappa shape index (κ3) is 4.07. The van der Waals surface area contributed by atoms with Crippen molar-refractivity contribution in [3.63, 3.8) is 0 Å². The number of halogens is 1. The smallest absolute Gasteiger partial charge is 0.230 e. The van der Waals surface area contributed by atoms with Crippen molar-refractivity contribution >= 4 is 22.6 Å². The highest BCUT2D eigenvalue weighted by Crippen LogP contribution is 2.20. The van der Waals surface area contributed by atoms with Gasteiger partial charge in [-0.25, -0.2) is 4.39 Å². The van der Waals surface area contributed by atoms with Gasteiger partial charge in [-0.2, -0.15) is 5.10 Å². The molecule has 0 saturated carbocycles. The lowest BCUT2D eigenvalue weighted by molar-refractivity contribution is -0.115. The molecule has 0 bridgehead atoms. The normalized spacial score (nSPS) is 11.4. The molecule has 2 heterocycles. The van der Waals surface area contributed by atoms with Gasteiger partial charge >= 0.3 is 0 Å². The summed E-state index contributed by atoms with van der Waals surface area (Å²) in [6.07, 6.45) is 3.94. The standard InChI is InChI=1S/C19H23FN4O/c1-12(2)4-6-15-10-18(24(3)23-15)22-19(25)8-13-11-21-17-9-14(20)5-7-16(13)17/h5,7,9-12,21H,4,6,8H2,1-3H3,(H,22,25). The van der Waals surface area contributed by atoms with Crippen LogP contribution < -0.4 is 5.32 Å². The zero-order valence-corrected chi connectivity index (χ0v) is 14.8. The molecule has 0 atom stereocenters.